The molecular formula is C31H41FO13. The smallest absolute Gasteiger partial charge is 0.317 e. The zero-order chi connectivity index (χ0) is 33.3. The summed E-state index contributed by atoms with van der Waals surface area (Å²) in [6, 6.07) is 0. The van der Waals surface area contributed by atoms with Crippen molar-refractivity contribution in [3.8, 4) is 0 Å². The highest BCUT2D eigenvalue weighted by molar-refractivity contribution is 5.95. The van der Waals surface area contributed by atoms with E-state index in [-0.39, 0.29) is 31.5 Å². The van der Waals surface area contributed by atoms with Crippen LogP contribution >= 0.6 is 0 Å². The van der Waals surface area contributed by atoms with Gasteiger partial charge in [0.15, 0.2) is 24.3 Å². The van der Waals surface area contributed by atoms with Gasteiger partial charge in [-0.15, -0.1) is 0 Å². The van der Waals surface area contributed by atoms with Crippen molar-refractivity contribution in [2.45, 2.75) is 101 Å². The first kappa shape index (κ1) is 33.8. The van der Waals surface area contributed by atoms with Crippen molar-refractivity contribution in [2.24, 2.45) is 28.6 Å². The predicted octanol–water partition coefficient (Wildman–Crippen LogP) is -0.820. The van der Waals surface area contributed by atoms with Gasteiger partial charge in [-0.2, -0.15) is 0 Å². The molecule has 14 heteroatoms. The molecule has 2 saturated carbocycles. The first-order chi connectivity index (χ1) is 20.9. The molecular weight excluding hydrogens is 599 g/mol. The number of rotatable bonds is 8. The summed E-state index contributed by atoms with van der Waals surface area (Å²) < 4.78 is 31.9. The van der Waals surface area contributed by atoms with Crippen molar-refractivity contribution in [1.82, 2.24) is 0 Å². The van der Waals surface area contributed by atoms with Gasteiger partial charge in [0.25, 0.3) is 0 Å². The van der Waals surface area contributed by atoms with Crippen molar-refractivity contribution < 1.29 is 68.4 Å². The molecule has 0 radical (unpaired) electrons. The lowest BCUT2D eigenvalue weighted by Crippen LogP contribution is -2.69. The van der Waals surface area contributed by atoms with E-state index in [0.29, 0.717) is 5.57 Å². The fourth-order valence-electron chi connectivity index (χ4n) is 8.80. The number of carbonyl (C=O) groups excluding carboxylic acids is 4. The fraction of sp³-hybridized carbons (Fsp3) is 0.742. The number of fused-ring (bicyclic) bond motifs is 5. The van der Waals surface area contributed by atoms with Gasteiger partial charge in [0.1, 0.15) is 43.0 Å². The van der Waals surface area contributed by atoms with E-state index in [0.717, 1.165) is 0 Å². The lowest BCUT2D eigenvalue weighted by molar-refractivity contribution is -0.215. The largest absolute Gasteiger partial charge is 0.462 e. The van der Waals surface area contributed by atoms with Gasteiger partial charge >= 0.3 is 11.9 Å². The van der Waals surface area contributed by atoms with Gasteiger partial charge in [0, 0.05) is 23.2 Å². The van der Waals surface area contributed by atoms with Gasteiger partial charge in [0.2, 0.25) is 5.78 Å². The molecule has 0 spiro atoms. The molecule has 0 aromatic rings. The van der Waals surface area contributed by atoms with Gasteiger partial charge in [0.05, 0.1) is 6.10 Å². The van der Waals surface area contributed by atoms with Gasteiger partial charge in [-0.05, 0) is 44.1 Å². The first-order valence-corrected chi connectivity index (χ1v) is 15.1. The minimum Gasteiger partial charge on any atom is -0.462 e. The number of ether oxygens (including phenoxy) is 3. The number of hydrogen-bond donors (Lipinski definition) is 6. The molecule has 0 aromatic carbocycles. The second-order valence-electron chi connectivity index (χ2n) is 13.6. The van der Waals surface area contributed by atoms with Crippen molar-refractivity contribution in [1.29, 1.82) is 0 Å². The van der Waals surface area contributed by atoms with E-state index in [4.69, 9.17) is 14.2 Å². The molecule has 1 unspecified atom stereocenters. The Hall–Kier alpha value is -2.59. The number of halogens is 1. The lowest BCUT2D eigenvalue weighted by atomic mass is 9.45. The zero-order valence-corrected chi connectivity index (χ0v) is 25.3. The van der Waals surface area contributed by atoms with Crippen LogP contribution < -0.4 is 0 Å². The normalized spacial score (nSPS) is 46.0. The summed E-state index contributed by atoms with van der Waals surface area (Å²) in [7, 11) is 0. The van der Waals surface area contributed by atoms with Gasteiger partial charge < -0.3 is 44.8 Å². The van der Waals surface area contributed by atoms with Crippen LogP contribution in [0.25, 0.3) is 0 Å². The van der Waals surface area contributed by atoms with Crippen LogP contribution in [0.2, 0.25) is 0 Å². The number of Topliss-reactive ketones (excluding diaryl/α,β-unsaturated/α-hetero) is 1. The van der Waals surface area contributed by atoms with Crippen molar-refractivity contribution in [3.63, 3.8) is 0 Å². The lowest BCUT2D eigenvalue weighted by Gasteiger charge is -2.62. The molecule has 0 aromatic heterocycles. The third kappa shape index (κ3) is 5.00. The number of ketones is 2. The van der Waals surface area contributed by atoms with Crippen LogP contribution in [-0.4, -0.2) is 115 Å². The van der Waals surface area contributed by atoms with Crippen LogP contribution in [0.1, 0.15) is 52.9 Å². The van der Waals surface area contributed by atoms with Crippen LogP contribution in [0, 0.1) is 28.6 Å². The Labute approximate surface area is 258 Å². The standard InChI is InChI=1S/C31H41FO13/c1-14-8-18-17-5-4-15-9-16(33)6-7-28(15,2)30(17,32)20(35)11-29(18,3)31(14,42)21(36)13-44-23(38)10-22(37)43-12-19(34)26-24(39)25(40)27(41)45-26/h4,6-7,14,17-20,24-27,34-35,39-42H,5,8-13H2,1-3H3/t14-,17+,18+,19?,20+,24-,25-,26-,27+,28+,29+,30+,31+/m1/s1. The van der Waals surface area contributed by atoms with E-state index >= 15 is 4.39 Å². The van der Waals surface area contributed by atoms with Gasteiger partial charge in [-0.3, -0.25) is 19.2 Å². The number of carbonyl (C=O) groups is 4. The second-order valence-corrected chi connectivity index (χ2v) is 13.6. The minimum absolute atomic E-state index is 0.0602. The van der Waals surface area contributed by atoms with E-state index in [1.807, 2.05) is 6.08 Å². The molecule has 45 heavy (non-hydrogen) atoms. The molecule has 6 N–H and O–H groups in total. The quantitative estimate of drug-likeness (QED) is 0.109. The molecule has 1 heterocycles. The molecule has 1 saturated heterocycles. The van der Waals surface area contributed by atoms with Gasteiger partial charge in [-0.1, -0.05) is 31.6 Å². The summed E-state index contributed by atoms with van der Waals surface area (Å²) in [6.45, 7) is 3.30. The molecule has 1 aliphatic heterocycles. The molecule has 13 nitrogen and oxygen atoms in total. The maximum atomic E-state index is 17.3. The van der Waals surface area contributed by atoms with Crippen molar-refractivity contribution >= 4 is 23.5 Å². The molecule has 250 valence electrons. The Morgan fingerprint density at radius 2 is 1.76 bits per heavy atom. The first-order valence-electron chi connectivity index (χ1n) is 15.1. The van der Waals surface area contributed by atoms with Crippen LogP contribution in [0.5, 0.6) is 0 Å². The summed E-state index contributed by atoms with van der Waals surface area (Å²) in [5.74, 6) is -5.30. The average Bonchev–Trinajstić information content (AvgIpc) is 3.35. The summed E-state index contributed by atoms with van der Waals surface area (Å²) in [5, 5.41) is 62.2. The average molecular weight is 641 g/mol. The number of esters is 2. The molecule has 13 atom stereocenters. The maximum absolute atomic E-state index is 17.3. The van der Waals surface area contributed by atoms with Crippen molar-refractivity contribution in [3.05, 3.63) is 23.8 Å². The highest BCUT2D eigenvalue weighted by Gasteiger charge is 2.75. The van der Waals surface area contributed by atoms with Gasteiger partial charge in [-0.25, -0.2) is 4.39 Å². The van der Waals surface area contributed by atoms with Crippen molar-refractivity contribution in [2.75, 3.05) is 13.2 Å². The summed E-state index contributed by atoms with van der Waals surface area (Å²) in [4.78, 5) is 50.1. The minimum atomic E-state index is -2.14. The number of aliphatic hydroxyl groups is 6. The molecule has 5 aliphatic rings. The molecule has 5 rings (SSSR count). The Bertz CT molecular complexity index is 1320. The van der Waals surface area contributed by atoms with E-state index in [1.165, 1.54) is 12.2 Å². The monoisotopic (exact) mass is 640 g/mol. The van der Waals surface area contributed by atoms with E-state index in [9.17, 15) is 49.8 Å². The van der Waals surface area contributed by atoms with E-state index < -0.39 is 114 Å². The predicted molar refractivity (Wildman–Crippen MR) is 148 cm³/mol. The van der Waals surface area contributed by atoms with Crippen LogP contribution in [-0.2, 0) is 33.4 Å². The van der Waals surface area contributed by atoms with Crippen LogP contribution in [0.4, 0.5) is 4.39 Å². The molecule has 4 aliphatic carbocycles. The number of hydrogen-bond acceptors (Lipinski definition) is 13. The SMILES string of the molecule is C[C@@H]1C[C@H]2[C@@H]3CC=C4CC(=O)C=C[C@]4(C)[C@@]3(F)[C@@H](O)C[C@]2(C)[C@@]1(O)C(=O)COC(=O)CC(=O)OCC(O)[C@H]1O[C@H](O)[C@H](O)[C@H]1O. The van der Waals surface area contributed by atoms with E-state index in [2.05, 4.69) is 0 Å². The summed E-state index contributed by atoms with van der Waals surface area (Å²) in [5.41, 5.74) is -6.14. The molecule has 3 fully saturated rings. The topological polar surface area (TPSA) is 217 Å². The summed E-state index contributed by atoms with van der Waals surface area (Å²) >= 11 is 0. The van der Waals surface area contributed by atoms with Crippen LogP contribution in [0.15, 0.2) is 23.8 Å². The third-order valence-corrected chi connectivity index (χ3v) is 11.3. The van der Waals surface area contributed by atoms with E-state index in [1.54, 1.807) is 20.8 Å². The Morgan fingerprint density at radius 1 is 1.09 bits per heavy atom. The number of allylic oxidation sites excluding steroid dienone is 4. The fourth-order valence-corrected chi connectivity index (χ4v) is 8.80. The van der Waals surface area contributed by atoms with Crippen LogP contribution in [0.3, 0.4) is 0 Å². The molecule has 0 bridgehead atoms. The maximum Gasteiger partial charge on any atom is 0.317 e. The Kier molecular flexibility index (Phi) is 8.69. The highest BCUT2D eigenvalue weighted by atomic mass is 19.1. The Balaban J connectivity index is 1.22. The third-order valence-electron chi connectivity index (χ3n) is 11.3. The number of alkyl halides is 1. The summed E-state index contributed by atoms with van der Waals surface area (Å²) in [6.07, 6.45) is -5.70. The number of aliphatic hydroxyl groups excluding tert-OH is 5. The Morgan fingerprint density at radius 3 is 2.40 bits per heavy atom. The molecule has 0 amide bonds. The second kappa shape index (κ2) is 11.6. The zero-order valence-electron chi connectivity index (χ0n) is 25.3. The highest BCUT2D eigenvalue weighted by Crippen LogP contribution is 2.70.